The normalized spacial score (nSPS) is 15.6. The fraction of sp³-hybridized carbons (Fsp3) is 0. The Balaban J connectivity index is 1.78. The molecular weight excluding hydrogens is 266 g/mol. The molecule has 0 unspecified atom stereocenters. The second-order valence-corrected chi connectivity index (χ2v) is 4.70. The highest BCUT2D eigenvalue weighted by atomic mass is 16.5. The lowest BCUT2D eigenvalue weighted by atomic mass is 10.2. The summed E-state index contributed by atoms with van der Waals surface area (Å²) in [6, 6.07) is 11.1. The van der Waals surface area contributed by atoms with Crippen molar-refractivity contribution < 1.29 is 9.53 Å². The smallest absolute Gasteiger partial charge is 0.291 e. The number of fused-ring (bicyclic) bond motifs is 2. The number of ether oxygens (including phenoxy) is 1. The van der Waals surface area contributed by atoms with Crippen molar-refractivity contribution in [2.45, 2.75) is 0 Å². The first-order valence-corrected chi connectivity index (χ1v) is 6.53. The van der Waals surface area contributed by atoms with Gasteiger partial charge in [-0.25, -0.2) is 4.98 Å². The van der Waals surface area contributed by atoms with Crippen LogP contribution in [0.2, 0.25) is 0 Å². The summed E-state index contributed by atoms with van der Waals surface area (Å²) in [5.74, 6) is 0.645. The number of nitrogens with one attached hydrogen (secondary N) is 2. The largest absolute Gasteiger partial charge is 0.449 e. The number of hydrogen-bond acceptors (Lipinski definition) is 3. The third-order valence-corrected chi connectivity index (χ3v) is 3.35. The van der Waals surface area contributed by atoms with Crippen LogP contribution in [0.1, 0.15) is 5.56 Å². The Kier molecular flexibility index (Phi) is 2.50. The molecule has 3 heterocycles. The molecule has 1 aliphatic rings. The number of aromatic amines is 1. The molecule has 0 aliphatic carbocycles. The highest BCUT2D eigenvalue weighted by Gasteiger charge is 2.21. The van der Waals surface area contributed by atoms with Gasteiger partial charge < -0.3 is 15.0 Å². The molecule has 0 spiro atoms. The van der Waals surface area contributed by atoms with Crippen molar-refractivity contribution in [3.05, 3.63) is 60.1 Å². The highest BCUT2D eigenvalue weighted by molar-refractivity contribution is 6.09. The van der Waals surface area contributed by atoms with Crippen LogP contribution in [0.4, 0.5) is 5.69 Å². The number of pyridine rings is 1. The second kappa shape index (κ2) is 4.49. The fourth-order valence-corrected chi connectivity index (χ4v) is 2.34. The van der Waals surface area contributed by atoms with Crippen LogP contribution < -0.4 is 10.1 Å². The molecular formula is C16H11N3O2. The number of amides is 1. The van der Waals surface area contributed by atoms with Gasteiger partial charge in [-0.3, -0.25) is 4.79 Å². The van der Waals surface area contributed by atoms with Gasteiger partial charge in [-0.05, 0) is 30.3 Å². The third-order valence-electron chi connectivity index (χ3n) is 3.35. The molecule has 4 rings (SSSR count). The van der Waals surface area contributed by atoms with E-state index >= 15 is 0 Å². The standard InChI is InChI=1S/C16H11N3O2/c20-16-14(21-13-6-2-1-5-12(13)19-16)8-10-9-18-15-11(10)4-3-7-17-15/h1-9H,(H,17,18)(H,19,20). The summed E-state index contributed by atoms with van der Waals surface area (Å²) in [6.07, 6.45) is 5.24. The van der Waals surface area contributed by atoms with Gasteiger partial charge in [-0.15, -0.1) is 0 Å². The Morgan fingerprint density at radius 1 is 1.14 bits per heavy atom. The van der Waals surface area contributed by atoms with Crippen molar-refractivity contribution in [3.63, 3.8) is 0 Å². The van der Waals surface area contributed by atoms with E-state index in [9.17, 15) is 4.79 Å². The van der Waals surface area contributed by atoms with Gasteiger partial charge in [0.15, 0.2) is 11.5 Å². The van der Waals surface area contributed by atoms with Gasteiger partial charge in [0.05, 0.1) is 5.69 Å². The number of rotatable bonds is 1. The molecule has 0 atom stereocenters. The zero-order valence-electron chi connectivity index (χ0n) is 11.0. The van der Waals surface area contributed by atoms with Gasteiger partial charge in [0.2, 0.25) is 0 Å². The Bertz CT molecular complexity index is 880. The van der Waals surface area contributed by atoms with E-state index in [1.54, 1.807) is 18.3 Å². The topological polar surface area (TPSA) is 67.0 Å². The number of anilines is 1. The number of para-hydroxylation sites is 2. The molecule has 2 N–H and O–H groups in total. The van der Waals surface area contributed by atoms with Crippen molar-refractivity contribution in [1.82, 2.24) is 9.97 Å². The molecule has 102 valence electrons. The van der Waals surface area contributed by atoms with Crippen LogP contribution in [0, 0.1) is 0 Å². The van der Waals surface area contributed by atoms with Crippen LogP contribution in [-0.4, -0.2) is 15.9 Å². The molecule has 1 aliphatic heterocycles. The number of carbonyl (C=O) groups is 1. The van der Waals surface area contributed by atoms with E-state index in [2.05, 4.69) is 15.3 Å². The van der Waals surface area contributed by atoms with Crippen LogP contribution in [0.15, 0.2) is 54.6 Å². The van der Waals surface area contributed by atoms with Gasteiger partial charge in [0.1, 0.15) is 5.65 Å². The first-order valence-electron chi connectivity index (χ1n) is 6.53. The zero-order chi connectivity index (χ0) is 14.2. The van der Waals surface area contributed by atoms with Crippen LogP contribution in [-0.2, 0) is 4.79 Å². The van der Waals surface area contributed by atoms with Crippen LogP contribution in [0.5, 0.6) is 5.75 Å². The maximum atomic E-state index is 12.1. The Hall–Kier alpha value is -3.08. The van der Waals surface area contributed by atoms with E-state index in [1.807, 2.05) is 36.5 Å². The molecule has 1 aromatic carbocycles. The summed E-state index contributed by atoms with van der Waals surface area (Å²) in [5, 5.41) is 3.76. The summed E-state index contributed by atoms with van der Waals surface area (Å²) < 4.78 is 5.68. The molecule has 0 radical (unpaired) electrons. The predicted molar refractivity (Wildman–Crippen MR) is 79.8 cm³/mol. The van der Waals surface area contributed by atoms with Crippen LogP contribution >= 0.6 is 0 Å². The lowest BCUT2D eigenvalue weighted by Gasteiger charge is -2.19. The minimum Gasteiger partial charge on any atom is -0.449 e. The number of nitrogens with zero attached hydrogens (tertiary/aromatic N) is 1. The SMILES string of the molecule is O=C1Nc2ccccc2OC1=Cc1c[nH]c2ncccc12. The Morgan fingerprint density at radius 2 is 2.05 bits per heavy atom. The lowest BCUT2D eigenvalue weighted by Crippen LogP contribution is -2.23. The van der Waals surface area contributed by atoms with Crippen molar-refractivity contribution in [2.24, 2.45) is 0 Å². The minimum absolute atomic E-state index is 0.257. The number of H-pyrrole nitrogens is 1. The van der Waals surface area contributed by atoms with Crippen molar-refractivity contribution in [2.75, 3.05) is 5.32 Å². The summed E-state index contributed by atoms with van der Waals surface area (Å²) in [4.78, 5) is 19.4. The average molecular weight is 277 g/mol. The predicted octanol–water partition coefficient (Wildman–Crippen LogP) is 2.93. The van der Waals surface area contributed by atoms with E-state index in [4.69, 9.17) is 4.74 Å². The Morgan fingerprint density at radius 3 is 3.00 bits per heavy atom. The minimum atomic E-state index is -0.257. The fourth-order valence-electron chi connectivity index (χ4n) is 2.34. The molecule has 0 bridgehead atoms. The molecule has 21 heavy (non-hydrogen) atoms. The molecule has 2 aromatic heterocycles. The number of aromatic nitrogens is 2. The van der Waals surface area contributed by atoms with Gasteiger partial charge >= 0.3 is 0 Å². The maximum Gasteiger partial charge on any atom is 0.291 e. The summed E-state index contributed by atoms with van der Waals surface area (Å²) >= 11 is 0. The van der Waals surface area contributed by atoms with E-state index in [0.717, 1.165) is 16.6 Å². The van der Waals surface area contributed by atoms with Crippen LogP contribution in [0.25, 0.3) is 17.1 Å². The highest BCUT2D eigenvalue weighted by Crippen LogP contribution is 2.31. The molecule has 1 amide bonds. The molecule has 5 heteroatoms. The summed E-state index contributed by atoms with van der Waals surface area (Å²) in [5.41, 5.74) is 2.32. The average Bonchev–Trinajstić information content (AvgIpc) is 2.91. The second-order valence-electron chi connectivity index (χ2n) is 4.70. The lowest BCUT2D eigenvalue weighted by molar-refractivity contribution is -0.115. The molecule has 0 saturated carbocycles. The van der Waals surface area contributed by atoms with E-state index < -0.39 is 0 Å². The van der Waals surface area contributed by atoms with Gasteiger partial charge in [0.25, 0.3) is 5.91 Å². The van der Waals surface area contributed by atoms with Crippen molar-refractivity contribution >= 4 is 28.7 Å². The first kappa shape index (κ1) is 11.7. The molecule has 3 aromatic rings. The van der Waals surface area contributed by atoms with Gasteiger partial charge in [-0.1, -0.05) is 12.1 Å². The molecule has 0 fully saturated rings. The van der Waals surface area contributed by atoms with Gasteiger partial charge in [0, 0.05) is 23.3 Å². The van der Waals surface area contributed by atoms with Gasteiger partial charge in [-0.2, -0.15) is 0 Å². The first-order chi connectivity index (χ1) is 10.3. The van der Waals surface area contributed by atoms with Crippen molar-refractivity contribution in [1.29, 1.82) is 0 Å². The summed E-state index contributed by atoms with van der Waals surface area (Å²) in [6.45, 7) is 0. The molecule has 5 nitrogen and oxygen atoms in total. The quantitative estimate of drug-likeness (QED) is 0.672. The Labute approximate surface area is 120 Å². The van der Waals surface area contributed by atoms with E-state index in [1.165, 1.54) is 0 Å². The maximum absolute atomic E-state index is 12.1. The van der Waals surface area contributed by atoms with Crippen molar-refractivity contribution in [3.8, 4) is 5.75 Å². The number of carbonyl (C=O) groups excluding carboxylic acids is 1. The zero-order valence-corrected chi connectivity index (χ0v) is 11.0. The van der Waals surface area contributed by atoms with Crippen LogP contribution in [0.3, 0.4) is 0 Å². The summed E-state index contributed by atoms with van der Waals surface area (Å²) in [7, 11) is 0. The number of hydrogen-bond donors (Lipinski definition) is 2. The number of benzene rings is 1. The van der Waals surface area contributed by atoms with E-state index in [0.29, 0.717) is 11.4 Å². The van der Waals surface area contributed by atoms with E-state index in [-0.39, 0.29) is 11.7 Å². The monoisotopic (exact) mass is 277 g/mol. The third kappa shape index (κ3) is 1.95. The molecule has 0 saturated heterocycles.